The molecule has 2 aromatic rings. The van der Waals surface area contributed by atoms with Crippen LogP contribution in [0, 0.1) is 17.3 Å². The summed E-state index contributed by atoms with van der Waals surface area (Å²) in [5.41, 5.74) is 8.85. The van der Waals surface area contributed by atoms with E-state index in [-0.39, 0.29) is 11.8 Å². The lowest BCUT2D eigenvalue weighted by Crippen LogP contribution is -2.53. The molecule has 0 aromatic heterocycles. The largest absolute Gasteiger partial charge is 0.369 e. The van der Waals surface area contributed by atoms with Crippen molar-refractivity contribution < 1.29 is 14.4 Å². The molecule has 2 atom stereocenters. The van der Waals surface area contributed by atoms with Crippen molar-refractivity contribution in [2.75, 3.05) is 11.9 Å². The van der Waals surface area contributed by atoms with Crippen LogP contribution in [0.4, 0.5) is 5.69 Å². The third-order valence-electron chi connectivity index (χ3n) is 7.85. The van der Waals surface area contributed by atoms with Gasteiger partial charge in [0.2, 0.25) is 11.8 Å². The van der Waals surface area contributed by atoms with Gasteiger partial charge in [0.1, 0.15) is 6.04 Å². The van der Waals surface area contributed by atoms with Gasteiger partial charge in [-0.3, -0.25) is 14.4 Å². The van der Waals surface area contributed by atoms with E-state index in [2.05, 4.69) is 11.9 Å². The smallest absolute Gasteiger partial charge is 0.253 e. The Morgan fingerprint density at radius 3 is 2.32 bits per heavy atom. The lowest BCUT2D eigenvalue weighted by molar-refractivity contribution is -0.139. The van der Waals surface area contributed by atoms with Crippen LogP contribution in [-0.2, 0) is 14.4 Å². The molecule has 7 heteroatoms. The van der Waals surface area contributed by atoms with Crippen LogP contribution >= 0.6 is 11.6 Å². The highest BCUT2D eigenvalue weighted by atomic mass is 35.5. The van der Waals surface area contributed by atoms with Crippen LogP contribution in [0.25, 0.3) is 5.57 Å². The molecule has 37 heavy (non-hydrogen) atoms. The minimum absolute atomic E-state index is 0.0375. The van der Waals surface area contributed by atoms with Gasteiger partial charge in [-0.05, 0) is 54.2 Å². The first-order chi connectivity index (χ1) is 17.6. The number of nitrogens with two attached hydrogens (primary N) is 1. The Kier molecular flexibility index (Phi) is 7.60. The number of para-hydroxylation sites is 1. The van der Waals surface area contributed by atoms with Crippen LogP contribution in [0.3, 0.4) is 0 Å². The van der Waals surface area contributed by atoms with Crippen LogP contribution in [0.1, 0.15) is 50.7 Å². The zero-order valence-corrected chi connectivity index (χ0v) is 22.3. The number of carbonyl (C=O) groups is 3. The lowest BCUT2D eigenvalue weighted by Gasteiger charge is -2.37. The molecule has 3 amide bonds. The molecule has 6 nitrogen and oxygen atoms in total. The quantitative estimate of drug-likeness (QED) is 0.498. The van der Waals surface area contributed by atoms with Crippen molar-refractivity contribution in [1.82, 2.24) is 5.32 Å². The molecule has 0 bridgehead atoms. The minimum Gasteiger partial charge on any atom is -0.369 e. The van der Waals surface area contributed by atoms with Crippen molar-refractivity contribution in [3.05, 3.63) is 82.9 Å². The Labute approximate surface area is 223 Å². The van der Waals surface area contributed by atoms with Gasteiger partial charge >= 0.3 is 0 Å². The molecule has 194 valence electrons. The standard InChI is InChI=1S/C30H34ClN3O3/c1-18(2)19(3)26(30(29(32)37)15-7-8-16-30)27(35)33-24-17-23(20-11-13-21(31)14-12-20)22-9-5-6-10-25(22)34(4)28(24)36/h5-6,9-14,17-18,24,26H,3,7-8,15-16H2,1-2,4H3,(H2,32,37)(H,33,35)/t24-,26-/m0/s1. The van der Waals surface area contributed by atoms with Crippen molar-refractivity contribution in [2.24, 2.45) is 23.0 Å². The minimum atomic E-state index is -1.00. The van der Waals surface area contributed by atoms with E-state index < -0.39 is 29.2 Å². The topological polar surface area (TPSA) is 92.5 Å². The number of carbonyl (C=O) groups excluding carboxylic acids is 3. The number of primary amides is 1. The number of hydrogen-bond acceptors (Lipinski definition) is 3. The summed E-state index contributed by atoms with van der Waals surface area (Å²) in [5, 5.41) is 3.58. The van der Waals surface area contributed by atoms with E-state index in [0.717, 1.165) is 35.2 Å². The number of rotatable bonds is 7. The summed E-state index contributed by atoms with van der Waals surface area (Å²) in [5.74, 6) is -2.02. The Balaban J connectivity index is 1.79. The number of halogens is 1. The van der Waals surface area contributed by atoms with E-state index in [0.29, 0.717) is 23.4 Å². The van der Waals surface area contributed by atoms with Crippen molar-refractivity contribution >= 4 is 40.6 Å². The maximum Gasteiger partial charge on any atom is 0.253 e. The molecule has 2 aromatic carbocycles. The third-order valence-corrected chi connectivity index (χ3v) is 8.10. The van der Waals surface area contributed by atoms with Gasteiger partial charge in [0, 0.05) is 17.6 Å². The zero-order chi connectivity index (χ0) is 26.9. The van der Waals surface area contributed by atoms with Gasteiger partial charge in [0.15, 0.2) is 0 Å². The molecule has 0 saturated heterocycles. The Morgan fingerprint density at radius 2 is 1.73 bits per heavy atom. The van der Waals surface area contributed by atoms with Gasteiger partial charge in [-0.1, -0.05) is 80.8 Å². The molecule has 1 fully saturated rings. The highest BCUT2D eigenvalue weighted by Crippen LogP contribution is 2.48. The summed E-state index contributed by atoms with van der Waals surface area (Å²) in [6.07, 6.45) is 4.48. The maximum atomic E-state index is 14.0. The summed E-state index contributed by atoms with van der Waals surface area (Å²) in [6.45, 7) is 8.11. The summed E-state index contributed by atoms with van der Waals surface area (Å²) in [6, 6.07) is 14.0. The average Bonchev–Trinajstić information content (AvgIpc) is 3.34. The number of nitrogens with one attached hydrogen (secondary N) is 1. The molecular formula is C30H34ClN3O3. The van der Waals surface area contributed by atoms with Gasteiger partial charge in [-0.15, -0.1) is 0 Å². The normalized spacial score (nSPS) is 19.6. The first-order valence-electron chi connectivity index (χ1n) is 12.7. The molecule has 1 aliphatic carbocycles. The molecule has 1 heterocycles. The molecule has 0 spiro atoms. The van der Waals surface area contributed by atoms with Crippen molar-refractivity contribution in [2.45, 2.75) is 45.6 Å². The number of nitrogens with zero attached hydrogens (tertiary/aromatic N) is 1. The number of likely N-dealkylation sites (N-methyl/N-ethyl adjacent to an activating group) is 1. The summed E-state index contributed by atoms with van der Waals surface area (Å²) in [7, 11) is 1.70. The predicted octanol–water partition coefficient (Wildman–Crippen LogP) is 5.11. The predicted molar refractivity (Wildman–Crippen MR) is 148 cm³/mol. The fraction of sp³-hybridized carbons (Fsp3) is 0.367. The highest BCUT2D eigenvalue weighted by molar-refractivity contribution is 6.30. The van der Waals surface area contributed by atoms with E-state index in [1.165, 1.54) is 0 Å². The fourth-order valence-corrected chi connectivity index (χ4v) is 5.79. The second-order valence-electron chi connectivity index (χ2n) is 10.4. The van der Waals surface area contributed by atoms with Crippen LogP contribution in [-0.4, -0.2) is 30.8 Å². The van der Waals surface area contributed by atoms with E-state index in [1.807, 2.05) is 50.2 Å². The maximum absolute atomic E-state index is 14.0. The van der Waals surface area contributed by atoms with Gasteiger partial charge in [0.05, 0.1) is 17.0 Å². The summed E-state index contributed by atoms with van der Waals surface area (Å²) < 4.78 is 0. The second-order valence-corrected chi connectivity index (χ2v) is 10.8. The molecule has 3 N–H and O–H groups in total. The molecule has 2 aliphatic rings. The first-order valence-corrected chi connectivity index (χ1v) is 13.1. The number of hydrogen-bond donors (Lipinski definition) is 2. The number of benzene rings is 2. The van der Waals surface area contributed by atoms with Crippen molar-refractivity contribution in [3.8, 4) is 0 Å². The van der Waals surface area contributed by atoms with Crippen molar-refractivity contribution in [3.63, 3.8) is 0 Å². The van der Waals surface area contributed by atoms with Gasteiger partial charge in [-0.25, -0.2) is 0 Å². The number of fused-ring (bicyclic) bond motifs is 1. The molecule has 0 radical (unpaired) electrons. The monoisotopic (exact) mass is 519 g/mol. The Hall–Kier alpha value is -3.38. The molecule has 1 saturated carbocycles. The number of anilines is 1. The van der Waals surface area contributed by atoms with Crippen molar-refractivity contribution in [1.29, 1.82) is 0 Å². The number of amides is 3. The van der Waals surface area contributed by atoms with Crippen LogP contribution < -0.4 is 16.0 Å². The first kappa shape index (κ1) is 26.7. The zero-order valence-electron chi connectivity index (χ0n) is 21.6. The van der Waals surface area contributed by atoms with Crippen LogP contribution in [0.15, 0.2) is 66.8 Å². The van der Waals surface area contributed by atoms with Gasteiger partial charge in [0.25, 0.3) is 5.91 Å². The molecule has 0 unspecified atom stereocenters. The second kappa shape index (κ2) is 10.5. The molecule has 1 aliphatic heterocycles. The van der Waals surface area contributed by atoms with E-state index >= 15 is 0 Å². The average molecular weight is 520 g/mol. The van der Waals surface area contributed by atoms with Gasteiger partial charge in [-0.2, -0.15) is 0 Å². The van der Waals surface area contributed by atoms with E-state index in [4.69, 9.17) is 17.3 Å². The van der Waals surface area contributed by atoms with Crippen LogP contribution in [0.2, 0.25) is 5.02 Å². The molecular weight excluding hydrogens is 486 g/mol. The Bertz CT molecular complexity index is 1260. The van der Waals surface area contributed by atoms with Gasteiger partial charge < -0.3 is 16.0 Å². The van der Waals surface area contributed by atoms with E-state index in [9.17, 15) is 14.4 Å². The molecule has 4 rings (SSSR count). The summed E-state index contributed by atoms with van der Waals surface area (Å²) in [4.78, 5) is 42.0. The Morgan fingerprint density at radius 1 is 1.11 bits per heavy atom. The highest BCUT2D eigenvalue weighted by Gasteiger charge is 2.51. The lowest BCUT2D eigenvalue weighted by atomic mass is 9.67. The van der Waals surface area contributed by atoms with Crippen LogP contribution in [0.5, 0.6) is 0 Å². The fourth-order valence-electron chi connectivity index (χ4n) is 5.66. The summed E-state index contributed by atoms with van der Waals surface area (Å²) >= 11 is 6.13. The van der Waals surface area contributed by atoms with E-state index in [1.54, 1.807) is 30.2 Å². The SMILES string of the molecule is C=C(C(C)C)[C@@H](C(=O)N[C@H]1C=C(c2ccc(Cl)cc2)c2ccccc2N(C)C1=O)C1(C(N)=O)CCCC1. The third kappa shape index (κ3) is 4.95.